The lowest BCUT2D eigenvalue weighted by atomic mass is 10.1. The molecule has 0 saturated carbocycles. The van der Waals surface area contributed by atoms with Gasteiger partial charge >= 0.3 is 0 Å². The summed E-state index contributed by atoms with van der Waals surface area (Å²) in [6.45, 7) is 5.96. The van der Waals surface area contributed by atoms with Gasteiger partial charge in [0.2, 0.25) is 0 Å². The Morgan fingerprint density at radius 2 is 2.25 bits per heavy atom. The van der Waals surface area contributed by atoms with Crippen molar-refractivity contribution in [3.63, 3.8) is 0 Å². The van der Waals surface area contributed by atoms with Crippen molar-refractivity contribution in [2.45, 2.75) is 33.2 Å². The monoisotopic (exact) mass is 288 g/mol. The number of aromatic nitrogens is 4. The predicted octanol–water partition coefficient (Wildman–Crippen LogP) is 2.60. The van der Waals surface area contributed by atoms with Crippen molar-refractivity contribution >= 4 is 21.6 Å². The minimum absolute atomic E-state index is 0.0320. The first kappa shape index (κ1) is 13.1. The molecule has 6 heteroatoms. The average molecular weight is 288 g/mol. The van der Waals surface area contributed by atoms with Gasteiger partial charge in [-0.3, -0.25) is 14.5 Å². The molecule has 0 aromatic carbocycles. The summed E-state index contributed by atoms with van der Waals surface area (Å²) in [5.41, 5.74) is 3.91. The SMILES string of the molecule is Cc1cc(C[C@H](C)n2cnc3c(C)csc3c2=O)n[nH]1. The van der Waals surface area contributed by atoms with Crippen molar-refractivity contribution in [1.29, 1.82) is 0 Å². The van der Waals surface area contributed by atoms with Crippen molar-refractivity contribution in [3.8, 4) is 0 Å². The maximum Gasteiger partial charge on any atom is 0.271 e. The van der Waals surface area contributed by atoms with Gasteiger partial charge in [0, 0.05) is 18.2 Å². The third-order valence-electron chi connectivity index (χ3n) is 3.42. The molecule has 0 saturated heterocycles. The van der Waals surface area contributed by atoms with Gasteiger partial charge in [-0.1, -0.05) is 0 Å². The fourth-order valence-corrected chi connectivity index (χ4v) is 3.27. The van der Waals surface area contributed by atoms with Crippen LogP contribution in [0.5, 0.6) is 0 Å². The Labute approximate surface area is 120 Å². The molecule has 3 aromatic rings. The molecular formula is C14H16N4OS. The molecule has 104 valence electrons. The zero-order valence-electron chi connectivity index (χ0n) is 11.7. The molecule has 1 N–H and O–H groups in total. The Bertz CT molecular complexity index is 814. The number of aryl methyl sites for hydroxylation is 2. The molecule has 3 aromatic heterocycles. The van der Waals surface area contributed by atoms with Crippen LogP contribution in [0, 0.1) is 13.8 Å². The number of rotatable bonds is 3. The zero-order chi connectivity index (χ0) is 14.3. The van der Waals surface area contributed by atoms with Crippen LogP contribution in [0.15, 0.2) is 22.6 Å². The van der Waals surface area contributed by atoms with E-state index in [1.165, 1.54) is 11.3 Å². The van der Waals surface area contributed by atoms with E-state index in [2.05, 4.69) is 15.2 Å². The van der Waals surface area contributed by atoms with Crippen molar-refractivity contribution < 1.29 is 0 Å². The minimum atomic E-state index is 0.0320. The molecule has 3 heterocycles. The summed E-state index contributed by atoms with van der Waals surface area (Å²) in [5, 5.41) is 9.12. The predicted molar refractivity (Wildman–Crippen MR) is 80.4 cm³/mol. The van der Waals surface area contributed by atoms with Gasteiger partial charge in [0.25, 0.3) is 5.56 Å². The van der Waals surface area contributed by atoms with Crippen LogP contribution in [0.2, 0.25) is 0 Å². The van der Waals surface area contributed by atoms with Crippen molar-refractivity contribution in [3.05, 3.63) is 45.1 Å². The highest BCUT2D eigenvalue weighted by molar-refractivity contribution is 7.17. The number of H-pyrrole nitrogens is 1. The molecule has 0 bridgehead atoms. The van der Waals surface area contributed by atoms with Gasteiger partial charge < -0.3 is 0 Å². The smallest absolute Gasteiger partial charge is 0.271 e. The average Bonchev–Trinajstić information content (AvgIpc) is 2.97. The highest BCUT2D eigenvalue weighted by Gasteiger charge is 2.14. The van der Waals surface area contributed by atoms with Crippen LogP contribution in [0.1, 0.15) is 29.9 Å². The second kappa shape index (κ2) is 4.86. The molecule has 0 fully saturated rings. The van der Waals surface area contributed by atoms with Crippen LogP contribution >= 0.6 is 11.3 Å². The Morgan fingerprint density at radius 1 is 1.45 bits per heavy atom. The molecule has 0 radical (unpaired) electrons. The topological polar surface area (TPSA) is 63.6 Å². The molecule has 1 atom stereocenters. The number of aromatic amines is 1. The minimum Gasteiger partial charge on any atom is -0.295 e. The Balaban J connectivity index is 1.97. The molecule has 0 unspecified atom stereocenters. The molecule has 5 nitrogen and oxygen atoms in total. The van der Waals surface area contributed by atoms with E-state index in [1.807, 2.05) is 32.2 Å². The molecule has 0 amide bonds. The molecule has 3 rings (SSSR count). The zero-order valence-corrected chi connectivity index (χ0v) is 12.5. The van der Waals surface area contributed by atoms with E-state index in [1.54, 1.807) is 10.9 Å². The van der Waals surface area contributed by atoms with Gasteiger partial charge in [-0.15, -0.1) is 11.3 Å². The highest BCUT2D eigenvalue weighted by atomic mass is 32.1. The maximum atomic E-state index is 12.5. The van der Waals surface area contributed by atoms with Crippen LogP contribution in [0.25, 0.3) is 10.2 Å². The summed E-state index contributed by atoms with van der Waals surface area (Å²) in [4.78, 5) is 16.9. The molecule has 20 heavy (non-hydrogen) atoms. The van der Waals surface area contributed by atoms with Crippen LogP contribution in [-0.4, -0.2) is 19.7 Å². The van der Waals surface area contributed by atoms with Gasteiger partial charge in [-0.25, -0.2) is 4.98 Å². The van der Waals surface area contributed by atoms with Gasteiger partial charge in [-0.2, -0.15) is 5.10 Å². The second-order valence-corrected chi connectivity index (χ2v) is 6.03. The largest absolute Gasteiger partial charge is 0.295 e. The summed E-state index contributed by atoms with van der Waals surface area (Å²) < 4.78 is 2.43. The number of thiophene rings is 1. The quantitative estimate of drug-likeness (QED) is 0.805. The molecule has 0 spiro atoms. The number of hydrogen-bond donors (Lipinski definition) is 1. The normalized spacial score (nSPS) is 12.9. The lowest BCUT2D eigenvalue weighted by Crippen LogP contribution is -2.24. The van der Waals surface area contributed by atoms with Crippen molar-refractivity contribution in [2.24, 2.45) is 0 Å². The summed E-state index contributed by atoms with van der Waals surface area (Å²) in [7, 11) is 0. The van der Waals surface area contributed by atoms with Crippen LogP contribution in [0.3, 0.4) is 0 Å². The number of nitrogens with one attached hydrogen (secondary N) is 1. The summed E-state index contributed by atoms with van der Waals surface area (Å²) >= 11 is 1.46. The Morgan fingerprint density at radius 3 is 2.95 bits per heavy atom. The fourth-order valence-electron chi connectivity index (χ4n) is 2.33. The van der Waals surface area contributed by atoms with E-state index in [0.29, 0.717) is 6.42 Å². The Kier molecular flexibility index (Phi) is 3.17. The molecular weight excluding hydrogens is 272 g/mol. The van der Waals surface area contributed by atoms with Crippen molar-refractivity contribution in [2.75, 3.05) is 0 Å². The first-order valence-corrected chi connectivity index (χ1v) is 7.40. The van der Waals surface area contributed by atoms with Crippen molar-refractivity contribution in [1.82, 2.24) is 19.7 Å². The Hall–Kier alpha value is -1.95. The van der Waals surface area contributed by atoms with E-state index in [-0.39, 0.29) is 11.6 Å². The molecule has 0 aliphatic carbocycles. The van der Waals surface area contributed by atoms with Gasteiger partial charge in [0.05, 0.1) is 17.5 Å². The third-order valence-corrected chi connectivity index (χ3v) is 4.50. The van der Waals surface area contributed by atoms with Gasteiger partial charge in [0.1, 0.15) is 4.70 Å². The van der Waals surface area contributed by atoms with Crippen LogP contribution in [0.4, 0.5) is 0 Å². The summed E-state index contributed by atoms with van der Waals surface area (Å²) in [6.07, 6.45) is 2.36. The van der Waals surface area contributed by atoms with E-state index in [9.17, 15) is 4.79 Å². The van der Waals surface area contributed by atoms with Crippen LogP contribution in [-0.2, 0) is 6.42 Å². The van der Waals surface area contributed by atoms with E-state index >= 15 is 0 Å². The third kappa shape index (κ3) is 2.16. The number of hydrogen-bond acceptors (Lipinski definition) is 4. The lowest BCUT2D eigenvalue weighted by Gasteiger charge is -2.13. The second-order valence-electron chi connectivity index (χ2n) is 5.15. The van der Waals surface area contributed by atoms with E-state index < -0.39 is 0 Å². The lowest BCUT2D eigenvalue weighted by molar-refractivity contribution is 0.517. The van der Waals surface area contributed by atoms with E-state index in [4.69, 9.17) is 0 Å². The first-order chi connectivity index (χ1) is 9.56. The highest BCUT2D eigenvalue weighted by Crippen LogP contribution is 2.20. The maximum absolute atomic E-state index is 12.5. The standard InChI is InChI=1S/C14H16N4OS/c1-8-6-20-13-12(8)15-7-18(14(13)19)10(3)5-11-4-9(2)16-17-11/h4,6-7,10H,5H2,1-3H3,(H,16,17)/t10-/m0/s1. The molecule has 0 aliphatic heterocycles. The van der Waals surface area contributed by atoms with Crippen LogP contribution < -0.4 is 5.56 Å². The van der Waals surface area contributed by atoms with Gasteiger partial charge in [-0.05, 0) is 37.8 Å². The van der Waals surface area contributed by atoms with Gasteiger partial charge in [0.15, 0.2) is 0 Å². The summed E-state index contributed by atoms with van der Waals surface area (Å²) in [5.74, 6) is 0. The number of nitrogens with zero attached hydrogens (tertiary/aromatic N) is 3. The summed E-state index contributed by atoms with van der Waals surface area (Å²) in [6, 6.07) is 2.03. The fraction of sp³-hybridized carbons (Fsp3) is 0.357. The number of fused-ring (bicyclic) bond motifs is 1. The van der Waals surface area contributed by atoms with E-state index in [0.717, 1.165) is 27.2 Å². The molecule has 0 aliphatic rings. The first-order valence-electron chi connectivity index (χ1n) is 6.52.